The lowest BCUT2D eigenvalue weighted by atomic mass is 10.7. The Morgan fingerprint density at radius 2 is 2.00 bits per heavy atom. The molecule has 0 bridgehead atoms. The van der Waals surface area contributed by atoms with E-state index < -0.39 is 19.1 Å². The Kier molecular flexibility index (Phi) is 4.05. The molecule has 9 heavy (non-hydrogen) atoms. The molecule has 1 atom stereocenters. The van der Waals surface area contributed by atoms with Crippen molar-refractivity contribution in [1.29, 1.82) is 0 Å². The Labute approximate surface area is 60.4 Å². The lowest BCUT2D eigenvalue weighted by Gasteiger charge is -2.04. The van der Waals surface area contributed by atoms with E-state index in [1.54, 1.807) is 0 Å². The second-order valence-corrected chi connectivity index (χ2v) is 4.72. The summed E-state index contributed by atoms with van der Waals surface area (Å²) < 4.78 is 37.6. The zero-order chi connectivity index (χ0) is 7.49. The van der Waals surface area contributed by atoms with Crippen molar-refractivity contribution < 1.29 is 17.7 Å². The van der Waals surface area contributed by atoms with Gasteiger partial charge in [-0.25, -0.2) is 0 Å². The molecule has 0 aliphatic heterocycles. The molecule has 0 aliphatic carbocycles. The Hall–Kier alpha value is 0.690. The fraction of sp³-hybridized carbons (Fsp3) is 1.00. The molecule has 0 saturated heterocycles. The van der Waals surface area contributed by atoms with Crippen LogP contribution in [0, 0.1) is 0 Å². The number of alkyl halides is 3. The first-order chi connectivity index (χ1) is 3.92. The summed E-state index contributed by atoms with van der Waals surface area (Å²) in [4.78, 5) is 0. The first kappa shape index (κ1) is 9.69. The van der Waals surface area contributed by atoms with E-state index in [1.165, 1.54) is 0 Å². The van der Waals surface area contributed by atoms with E-state index >= 15 is 0 Å². The average molecular weight is 199 g/mol. The van der Waals surface area contributed by atoms with Gasteiger partial charge in [0.05, 0.1) is 0 Å². The minimum absolute atomic E-state index is 1.34. The Morgan fingerprint density at radius 1 is 1.56 bits per heavy atom. The predicted molar refractivity (Wildman–Crippen MR) is 33.5 cm³/mol. The van der Waals surface area contributed by atoms with Crippen molar-refractivity contribution in [3.05, 3.63) is 0 Å². The number of rotatable bonds is 2. The molecule has 56 valence electrons. The minimum Gasteiger partial charge on any atom is -0.330 e. The summed E-state index contributed by atoms with van der Waals surface area (Å²) in [6, 6.07) is 0. The highest BCUT2D eigenvalue weighted by Gasteiger charge is 2.27. The van der Waals surface area contributed by atoms with Gasteiger partial charge >= 0.3 is 6.18 Å². The minimum atomic E-state index is -4.32. The van der Waals surface area contributed by atoms with Crippen molar-refractivity contribution in [1.82, 2.24) is 0 Å². The van der Waals surface area contributed by atoms with Gasteiger partial charge in [-0.1, -0.05) is 23.0 Å². The second kappa shape index (κ2) is 3.76. The van der Waals surface area contributed by atoms with Gasteiger partial charge in [0.15, 0.2) is 0 Å². The van der Waals surface area contributed by atoms with Crippen LogP contribution in [0.15, 0.2) is 0 Å². The van der Waals surface area contributed by atoms with E-state index in [0.29, 0.717) is 0 Å². The van der Waals surface area contributed by atoms with Gasteiger partial charge in [-0.2, -0.15) is 13.2 Å². The zero-order valence-electron chi connectivity index (χ0n) is 4.04. The summed E-state index contributed by atoms with van der Waals surface area (Å²) in [5.41, 5.74) is 0. The van der Waals surface area contributed by atoms with Crippen molar-refractivity contribution in [2.75, 3.05) is 6.61 Å². The Balaban J connectivity index is 3.39. The summed E-state index contributed by atoms with van der Waals surface area (Å²) in [5.74, 6) is 0. The lowest BCUT2D eigenvalue weighted by molar-refractivity contribution is -0.151. The molecule has 7 heteroatoms. The largest absolute Gasteiger partial charge is 0.412 e. The number of hydrogen-bond acceptors (Lipinski definition) is 2. The summed E-state index contributed by atoms with van der Waals surface area (Å²) >= 11 is 9.17. The first-order valence-electron chi connectivity index (χ1n) is 1.81. The molecule has 0 spiro atoms. The predicted octanol–water partition coefficient (Wildman–Crippen LogP) is 2.31. The van der Waals surface area contributed by atoms with Crippen LogP contribution in [0.5, 0.6) is 0 Å². The molecule has 1 unspecified atom stereocenters. The van der Waals surface area contributed by atoms with E-state index in [1.807, 2.05) is 0 Å². The van der Waals surface area contributed by atoms with Crippen LogP contribution in [0.3, 0.4) is 0 Å². The third-order valence-corrected chi connectivity index (χ3v) is 1.40. The zero-order valence-corrected chi connectivity index (χ0v) is 6.61. The van der Waals surface area contributed by atoms with Crippen molar-refractivity contribution >= 4 is 29.3 Å². The topological polar surface area (TPSA) is 9.23 Å². The van der Waals surface area contributed by atoms with Gasteiger partial charge in [0.25, 0.3) is 0 Å². The lowest BCUT2D eigenvalue weighted by Crippen LogP contribution is -2.13. The summed E-state index contributed by atoms with van der Waals surface area (Å²) in [7, 11) is 0. The second-order valence-electron chi connectivity index (χ2n) is 1.14. The van der Waals surface area contributed by atoms with Crippen LogP contribution in [0.1, 0.15) is 0 Å². The monoisotopic (exact) mass is 198 g/mol. The van der Waals surface area contributed by atoms with E-state index in [4.69, 9.17) is 11.2 Å². The van der Waals surface area contributed by atoms with Gasteiger partial charge in [-0.15, -0.1) is 0 Å². The van der Waals surface area contributed by atoms with Crippen molar-refractivity contribution in [3.8, 4) is 0 Å². The molecule has 0 aromatic carbocycles. The third-order valence-electron chi connectivity index (χ3n) is 0.349. The molecule has 0 heterocycles. The summed E-state index contributed by atoms with van der Waals surface area (Å²) in [6.45, 7) is -1.34. The highest BCUT2D eigenvalue weighted by Crippen LogP contribution is 2.31. The van der Waals surface area contributed by atoms with E-state index in [-0.39, 0.29) is 0 Å². The normalized spacial score (nSPS) is 15.6. The van der Waals surface area contributed by atoms with Crippen LogP contribution in [0.25, 0.3) is 0 Å². The van der Waals surface area contributed by atoms with Gasteiger partial charge in [0, 0.05) is 0 Å². The van der Waals surface area contributed by atoms with Gasteiger partial charge in [-0.3, -0.25) is 0 Å². The molecule has 0 aliphatic rings. The van der Waals surface area contributed by atoms with Crippen LogP contribution >= 0.6 is 17.5 Å². The standard InChI is InChI=1S/C2H3ClF3OPS/c3-8(9)7-1-2(4,5)6/h8H,1H2. The molecule has 1 nitrogen and oxygen atoms in total. The molecule has 0 rings (SSSR count). The van der Waals surface area contributed by atoms with Crippen LogP contribution in [0.4, 0.5) is 13.2 Å². The van der Waals surface area contributed by atoms with Crippen molar-refractivity contribution in [2.24, 2.45) is 0 Å². The third kappa shape index (κ3) is 8.69. The maximum atomic E-state index is 11.2. The maximum absolute atomic E-state index is 11.2. The first-order valence-corrected chi connectivity index (χ1v) is 5.36. The highest BCUT2D eigenvalue weighted by atomic mass is 35.7. The SMILES string of the molecule is FC(F)(F)CO[PH](=S)Cl. The van der Waals surface area contributed by atoms with E-state index in [0.717, 1.165) is 0 Å². The van der Waals surface area contributed by atoms with Gasteiger partial charge in [0.1, 0.15) is 12.9 Å². The summed E-state index contributed by atoms with van der Waals surface area (Å²) in [5, 5.41) is 0. The van der Waals surface area contributed by atoms with Crippen molar-refractivity contribution in [2.45, 2.75) is 6.18 Å². The molecule has 0 aromatic rings. The fourth-order valence-corrected chi connectivity index (χ4v) is 0.756. The molecule has 0 N–H and O–H groups in total. The molecule has 0 aromatic heterocycles. The maximum Gasteiger partial charge on any atom is 0.412 e. The smallest absolute Gasteiger partial charge is 0.330 e. The van der Waals surface area contributed by atoms with E-state index in [9.17, 15) is 13.2 Å². The fourth-order valence-electron chi connectivity index (χ4n) is 0.139. The molecular formula is C2H3ClF3OPS. The van der Waals surface area contributed by atoms with Crippen LogP contribution in [-0.2, 0) is 16.3 Å². The van der Waals surface area contributed by atoms with Crippen molar-refractivity contribution in [3.63, 3.8) is 0 Å². The van der Waals surface area contributed by atoms with E-state index in [2.05, 4.69) is 16.3 Å². The van der Waals surface area contributed by atoms with Gasteiger partial charge in [-0.05, 0) is 0 Å². The average Bonchev–Trinajstić information content (AvgIpc) is 1.59. The Bertz CT molecular complexity index is 115. The number of halogens is 4. The molecule has 0 saturated carbocycles. The quantitative estimate of drug-likeness (QED) is 0.630. The van der Waals surface area contributed by atoms with Gasteiger partial charge in [0.2, 0.25) is 0 Å². The summed E-state index contributed by atoms with van der Waals surface area (Å²) in [6.07, 6.45) is -6.45. The molecular weight excluding hydrogens is 196 g/mol. The Morgan fingerprint density at radius 3 is 2.11 bits per heavy atom. The van der Waals surface area contributed by atoms with Crippen LogP contribution in [0.2, 0.25) is 0 Å². The van der Waals surface area contributed by atoms with Gasteiger partial charge < -0.3 is 4.52 Å². The highest BCUT2D eigenvalue weighted by molar-refractivity contribution is 8.14. The molecule has 0 amide bonds. The number of hydrogen-bond donors (Lipinski definition) is 0. The molecule has 0 radical (unpaired) electrons. The van der Waals surface area contributed by atoms with Crippen LogP contribution < -0.4 is 0 Å². The van der Waals surface area contributed by atoms with Crippen LogP contribution in [-0.4, -0.2) is 12.8 Å². The molecule has 0 fully saturated rings.